The number of halogens is 1. The van der Waals surface area contributed by atoms with Crippen molar-refractivity contribution in [1.29, 1.82) is 0 Å². The molecule has 1 aromatic rings. The van der Waals surface area contributed by atoms with Gasteiger partial charge in [-0.2, -0.15) is 0 Å². The fourth-order valence-electron chi connectivity index (χ4n) is 0.992. The van der Waals surface area contributed by atoms with Crippen molar-refractivity contribution in [2.24, 2.45) is 0 Å². The second-order valence-corrected chi connectivity index (χ2v) is 3.16. The van der Waals surface area contributed by atoms with Crippen molar-refractivity contribution in [3.8, 4) is 5.75 Å². The van der Waals surface area contributed by atoms with E-state index in [1.807, 2.05) is 19.1 Å². The lowest BCUT2D eigenvalue weighted by molar-refractivity contribution is -0.211. The molecule has 14 heavy (non-hydrogen) atoms. The van der Waals surface area contributed by atoms with E-state index in [0.29, 0.717) is 11.6 Å². The van der Waals surface area contributed by atoms with E-state index < -0.39 is 5.97 Å². The maximum absolute atomic E-state index is 10.5. The Labute approximate surface area is 87.5 Å². The van der Waals surface area contributed by atoms with Gasteiger partial charge in [-0.1, -0.05) is 12.1 Å². The third-order valence-corrected chi connectivity index (χ3v) is 1.95. The van der Waals surface area contributed by atoms with E-state index in [-0.39, 0.29) is 0 Å². The van der Waals surface area contributed by atoms with Gasteiger partial charge in [0, 0.05) is 12.8 Å². The van der Waals surface area contributed by atoms with Crippen LogP contribution < -0.4 is 4.89 Å². The summed E-state index contributed by atoms with van der Waals surface area (Å²) in [5.74, 6) is 0.495. The van der Waals surface area contributed by atoms with Crippen LogP contribution in [0.25, 0.3) is 0 Å². The van der Waals surface area contributed by atoms with Crippen LogP contribution in [0.15, 0.2) is 18.2 Å². The van der Waals surface area contributed by atoms with Crippen LogP contribution in [0.3, 0.4) is 0 Å². The molecule has 0 radical (unpaired) electrons. The number of carbonyl (C=O) groups excluding carboxylic acids is 1. The lowest BCUT2D eigenvalue weighted by Crippen LogP contribution is -2.03. The fraction of sp³-hybridized carbons (Fsp3) is 0.300. The van der Waals surface area contributed by atoms with Gasteiger partial charge in [0.2, 0.25) is 0 Å². The minimum atomic E-state index is -0.481. The maximum Gasteiger partial charge on any atom is 0.352 e. The number of carbonyl (C=O) groups is 1. The predicted octanol–water partition coefficient (Wildman–Crippen LogP) is 2.59. The van der Waals surface area contributed by atoms with Crippen LogP contribution in [-0.2, 0) is 15.6 Å². The summed E-state index contributed by atoms with van der Waals surface area (Å²) in [6.45, 7) is 3.14. The molecule has 1 rings (SSSR count). The molecule has 0 saturated heterocycles. The summed E-state index contributed by atoms with van der Waals surface area (Å²) in [5.41, 5.74) is 1.88. The summed E-state index contributed by atoms with van der Waals surface area (Å²) in [6.07, 6.45) is 0. The Kier molecular flexibility index (Phi) is 3.77. The van der Waals surface area contributed by atoms with Crippen molar-refractivity contribution >= 4 is 17.6 Å². The molecule has 0 aliphatic carbocycles. The predicted molar refractivity (Wildman–Crippen MR) is 53.1 cm³/mol. The number of hydrogen-bond acceptors (Lipinski definition) is 3. The molecule has 0 unspecified atom stereocenters. The number of rotatable bonds is 3. The molecule has 0 atom stereocenters. The SMILES string of the molecule is CC(=O)OOc1ccc(CCl)cc1C. The first kappa shape index (κ1) is 10.9. The topological polar surface area (TPSA) is 35.5 Å². The second-order valence-electron chi connectivity index (χ2n) is 2.89. The molecule has 4 heteroatoms. The van der Waals surface area contributed by atoms with Crippen LogP contribution in [0.4, 0.5) is 0 Å². The van der Waals surface area contributed by atoms with Gasteiger partial charge in [-0.05, 0) is 24.1 Å². The Bertz CT molecular complexity index is 336. The maximum atomic E-state index is 10.5. The van der Waals surface area contributed by atoms with Crippen molar-refractivity contribution in [3.05, 3.63) is 29.3 Å². The highest BCUT2D eigenvalue weighted by atomic mass is 35.5. The van der Waals surface area contributed by atoms with Gasteiger partial charge >= 0.3 is 5.97 Å². The lowest BCUT2D eigenvalue weighted by atomic mass is 10.1. The number of benzene rings is 1. The molecule has 76 valence electrons. The quantitative estimate of drug-likeness (QED) is 0.441. The first-order chi connectivity index (χ1) is 6.63. The molecule has 0 aromatic heterocycles. The Balaban J connectivity index is 2.73. The van der Waals surface area contributed by atoms with E-state index in [4.69, 9.17) is 16.5 Å². The van der Waals surface area contributed by atoms with Crippen LogP contribution in [0, 0.1) is 6.92 Å². The van der Waals surface area contributed by atoms with E-state index in [0.717, 1.165) is 11.1 Å². The molecule has 0 fully saturated rings. The van der Waals surface area contributed by atoms with Gasteiger partial charge in [-0.3, -0.25) is 9.78 Å². The lowest BCUT2D eigenvalue weighted by Gasteiger charge is -2.06. The van der Waals surface area contributed by atoms with Crippen molar-refractivity contribution in [2.45, 2.75) is 19.7 Å². The third kappa shape index (κ3) is 2.92. The zero-order valence-corrected chi connectivity index (χ0v) is 8.80. The standard InChI is InChI=1S/C10H11ClO3/c1-7-5-9(6-11)3-4-10(7)14-13-8(2)12/h3-5H,6H2,1-2H3. The van der Waals surface area contributed by atoms with Gasteiger partial charge in [-0.15, -0.1) is 11.6 Å². The Morgan fingerprint density at radius 2 is 2.21 bits per heavy atom. The largest absolute Gasteiger partial charge is 0.352 e. The van der Waals surface area contributed by atoms with E-state index in [9.17, 15) is 4.79 Å². The summed E-state index contributed by atoms with van der Waals surface area (Å²) >= 11 is 5.65. The van der Waals surface area contributed by atoms with Gasteiger partial charge < -0.3 is 0 Å². The highest BCUT2D eigenvalue weighted by Gasteiger charge is 2.03. The normalized spacial score (nSPS) is 9.64. The van der Waals surface area contributed by atoms with Crippen LogP contribution in [-0.4, -0.2) is 5.97 Å². The molecular weight excluding hydrogens is 204 g/mol. The molecule has 0 aliphatic rings. The number of aryl methyl sites for hydroxylation is 1. The van der Waals surface area contributed by atoms with Gasteiger partial charge in [-0.25, -0.2) is 4.79 Å². The van der Waals surface area contributed by atoms with Crippen LogP contribution in [0.1, 0.15) is 18.1 Å². The summed E-state index contributed by atoms with van der Waals surface area (Å²) in [7, 11) is 0. The van der Waals surface area contributed by atoms with Gasteiger partial charge in [0.15, 0.2) is 5.75 Å². The van der Waals surface area contributed by atoms with E-state index in [1.165, 1.54) is 6.92 Å². The molecule has 3 nitrogen and oxygen atoms in total. The summed E-state index contributed by atoms with van der Waals surface area (Å²) < 4.78 is 0. The van der Waals surface area contributed by atoms with Crippen LogP contribution >= 0.6 is 11.6 Å². The Morgan fingerprint density at radius 3 is 2.71 bits per heavy atom. The summed E-state index contributed by atoms with van der Waals surface area (Å²) in [6, 6.07) is 5.42. The van der Waals surface area contributed by atoms with E-state index in [1.54, 1.807) is 6.07 Å². The first-order valence-electron chi connectivity index (χ1n) is 4.14. The zero-order chi connectivity index (χ0) is 10.6. The monoisotopic (exact) mass is 214 g/mol. The van der Waals surface area contributed by atoms with Gasteiger partial charge in [0.05, 0.1) is 0 Å². The first-order valence-corrected chi connectivity index (χ1v) is 4.67. The molecule has 0 saturated carbocycles. The van der Waals surface area contributed by atoms with Crippen molar-refractivity contribution in [2.75, 3.05) is 0 Å². The van der Waals surface area contributed by atoms with E-state index >= 15 is 0 Å². The zero-order valence-electron chi connectivity index (χ0n) is 8.04. The number of hydrogen-bond donors (Lipinski definition) is 0. The fourth-order valence-corrected chi connectivity index (χ4v) is 1.16. The molecule has 0 bridgehead atoms. The minimum absolute atomic E-state index is 0.453. The van der Waals surface area contributed by atoms with E-state index in [2.05, 4.69) is 4.89 Å². The third-order valence-electron chi connectivity index (χ3n) is 1.64. The average Bonchev–Trinajstić information content (AvgIpc) is 2.15. The molecule has 1 aromatic carbocycles. The molecule has 0 aliphatic heterocycles. The summed E-state index contributed by atoms with van der Waals surface area (Å²) in [5, 5.41) is 0. The van der Waals surface area contributed by atoms with Gasteiger partial charge in [0.1, 0.15) is 0 Å². The Hall–Kier alpha value is -1.22. The van der Waals surface area contributed by atoms with Crippen LogP contribution in [0.5, 0.6) is 5.75 Å². The molecule has 0 heterocycles. The Morgan fingerprint density at radius 1 is 1.50 bits per heavy atom. The number of alkyl halides is 1. The minimum Gasteiger partial charge on any atom is -0.287 e. The smallest absolute Gasteiger partial charge is 0.287 e. The van der Waals surface area contributed by atoms with Crippen molar-refractivity contribution < 1.29 is 14.6 Å². The highest BCUT2D eigenvalue weighted by molar-refractivity contribution is 6.17. The van der Waals surface area contributed by atoms with Gasteiger partial charge in [0.25, 0.3) is 0 Å². The molecule has 0 spiro atoms. The average molecular weight is 215 g/mol. The van der Waals surface area contributed by atoms with Crippen molar-refractivity contribution in [3.63, 3.8) is 0 Å². The van der Waals surface area contributed by atoms with Crippen molar-refractivity contribution in [1.82, 2.24) is 0 Å². The molecular formula is C10H11ClO3. The molecule has 0 amide bonds. The summed E-state index contributed by atoms with van der Waals surface area (Å²) in [4.78, 5) is 19.7. The van der Waals surface area contributed by atoms with Crippen LogP contribution in [0.2, 0.25) is 0 Å². The highest BCUT2D eigenvalue weighted by Crippen LogP contribution is 2.20. The molecule has 0 N–H and O–H groups in total. The second kappa shape index (κ2) is 4.86.